The Kier molecular flexibility index (Phi) is 5.46. The van der Waals surface area contributed by atoms with Crippen LogP contribution in [0.4, 0.5) is 4.79 Å². The molecule has 5 fully saturated rings. The highest BCUT2D eigenvalue weighted by molar-refractivity contribution is 5.83. The van der Waals surface area contributed by atoms with Gasteiger partial charge in [-0.2, -0.15) is 0 Å². The van der Waals surface area contributed by atoms with Gasteiger partial charge in [0, 0.05) is 31.5 Å². The Morgan fingerprint density at radius 3 is 2.45 bits per heavy atom. The van der Waals surface area contributed by atoms with Crippen LogP contribution in [-0.2, 0) is 19.4 Å². The van der Waals surface area contributed by atoms with E-state index in [0.717, 1.165) is 32.1 Å². The van der Waals surface area contributed by atoms with E-state index >= 15 is 0 Å². The molecule has 162 valence electrons. The van der Waals surface area contributed by atoms with Crippen LogP contribution < -0.4 is 11.1 Å². The van der Waals surface area contributed by atoms with Crippen molar-refractivity contribution < 1.29 is 29.3 Å². The fourth-order valence-corrected chi connectivity index (χ4v) is 6.16. The van der Waals surface area contributed by atoms with E-state index in [2.05, 4.69) is 5.32 Å². The number of amides is 3. The largest absolute Gasteiger partial charge is 0.465 e. The minimum absolute atomic E-state index is 0.0565. The van der Waals surface area contributed by atoms with Gasteiger partial charge in [0.2, 0.25) is 11.8 Å². The predicted molar refractivity (Wildman–Crippen MR) is 102 cm³/mol. The van der Waals surface area contributed by atoms with E-state index in [1.54, 1.807) is 0 Å². The second-order valence-corrected chi connectivity index (χ2v) is 9.57. The number of hydrogen-bond donors (Lipinski definition) is 3. The number of nitrogens with zero attached hydrogens (tertiary/aromatic N) is 1. The Bertz CT molecular complexity index is 677. The summed E-state index contributed by atoms with van der Waals surface area (Å²) in [5, 5.41) is 12.5. The number of rotatable bonds is 4. The van der Waals surface area contributed by atoms with Gasteiger partial charge in [-0.05, 0) is 63.2 Å². The van der Waals surface area contributed by atoms with E-state index in [9.17, 15) is 19.5 Å². The third-order valence-corrected chi connectivity index (χ3v) is 7.21. The maximum Gasteiger partial charge on any atom is 0.407 e. The third-order valence-electron chi connectivity index (χ3n) is 7.21. The molecule has 3 aliphatic heterocycles. The molecule has 9 nitrogen and oxygen atoms in total. The van der Waals surface area contributed by atoms with Crippen molar-refractivity contribution in [3.8, 4) is 0 Å². The van der Waals surface area contributed by atoms with Crippen molar-refractivity contribution >= 4 is 17.9 Å². The molecule has 4 unspecified atom stereocenters. The molecule has 4 bridgehead atoms. The molecule has 4 atom stereocenters. The van der Waals surface area contributed by atoms with Crippen LogP contribution in [0.2, 0.25) is 0 Å². The van der Waals surface area contributed by atoms with Crippen molar-refractivity contribution in [1.29, 1.82) is 0 Å². The second-order valence-electron chi connectivity index (χ2n) is 9.57. The number of likely N-dealkylation sites (tertiary alicyclic amines) is 1. The van der Waals surface area contributed by atoms with Crippen LogP contribution in [-0.4, -0.2) is 58.2 Å². The van der Waals surface area contributed by atoms with Gasteiger partial charge in [-0.3, -0.25) is 9.59 Å². The molecule has 5 rings (SSSR count). The summed E-state index contributed by atoms with van der Waals surface area (Å²) in [6, 6.07) is 0. The SMILES string of the molecule is NC(=O)CCC(=O)NC12CC3CC(C1)CC1(CCN(C(=O)O)CC1)OOC(C3)C2. The minimum Gasteiger partial charge on any atom is -0.465 e. The standard InChI is InChI=1S/C20H31N3O6/c21-16(24)1-2-17(25)22-19-9-13-7-14(10-19)11-20(29-28-15(8-13)12-19)3-5-23(6-4-20)18(26)27/h13-15H,1-12H2,(H2,21,24)(H,22,25)(H,26,27). The Hall–Kier alpha value is -1.87. The van der Waals surface area contributed by atoms with Gasteiger partial charge in [-0.25, -0.2) is 14.6 Å². The molecule has 3 saturated heterocycles. The Balaban J connectivity index is 1.47. The fraction of sp³-hybridized carbons (Fsp3) is 0.850. The Labute approximate surface area is 170 Å². The molecular weight excluding hydrogens is 378 g/mol. The summed E-state index contributed by atoms with van der Waals surface area (Å²) in [6.45, 7) is 0.906. The topological polar surface area (TPSA) is 131 Å². The molecule has 9 heteroatoms. The number of fused-ring (bicyclic) bond motifs is 1. The van der Waals surface area contributed by atoms with E-state index in [0.29, 0.717) is 44.2 Å². The molecule has 3 heterocycles. The van der Waals surface area contributed by atoms with Gasteiger partial charge in [0.1, 0.15) is 5.60 Å². The van der Waals surface area contributed by atoms with Crippen LogP contribution in [0.15, 0.2) is 0 Å². The smallest absolute Gasteiger partial charge is 0.407 e. The molecule has 0 aromatic rings. The zero-order valence-corrected chi connectivity index (χ0v) is 16.7. The van der Waals surface area contributed by atoms with Gasteiger partial charge < -0.3 is 21.1 Å². The summed E-state index contributed by atoms with van der Waals surface area (Å²) in [6.07, 6.45) is 5.81. The lowest BCUT2D eigenvalue weighted by atomic mass is 9.60. The molecule has 5 aliphatic rings. The van der Waals surface area contributed by atoms with Crippen molar-refractivity contribution in [3.63, 3.8) is 0 Å². The number of hydrogen-bond acceptors (Lipinski definition) is 5. The second kappa shape index (κ2) is 7.75. The summed E-state index contributed by atoms with van der Waals surface area (Å²) in [4.78, 5) is 48.1. The van der Waals surface area contributed by atoms with E-state index in [1.165, 1.54) is 4.90 Å². The van der Waals surface area contributed by atoms with Crippen molar-refractivity contribution in [2.75, 3.05) is 13.1 Å². The first-order valence-corrected chi connectivity index (χ1v) is 10.7. The van der Waals surface area contributed by atoms with E-state index in [1.807, 2.05) is 0 Å². The van der Waals surface area contributed by atoms with Crippen molar-refractivity contribution in [3.05, 3.63) is 0 Å². The molecule has 29 heavy (non-hydrogen) atoms. The van der Waals surface area contributed by atoms with Gasteiger partial charge in [-0.1, -0.05) is 0 Å². The molecule has 0 aromatic heterocycles. The number of carbonyl (C=O) groups excluding carboxylic acids is 2. The minimum atomic E-state index is -0.888. The number of nitrogens with two attached hydrogens (primary N) is 1. The first-order valence-electron chi connectivity index (χ1n) is 10.7. The lowest BCUT2D eigenvalue weighted by Crippen LogP contribution is -2.58. The summed E-state index contributed by atoms with van der Waals surface area (Å²) in [7, 11) is 0. The highest BCUT2D eigenvalue weighted by Gasteiger charge is 2.52. The van der Waals surface area contributed by atoms with Crippen molar-refractivity contribution in [2.45, 2.75) is 81.5 Å². The summed E-state index contributed by atoms with van der Waals surface area (Å²) >= 11 is 0. The van der Waals surface area contributed by atoms with E-state index in [4.69, 9.17) is 15.5 Å². The summed E-state index contributed by atoms with van der Waals surface area (Å²) in [5.41, 5.74) is 4.41. The number of nitrogens with one attached hydrogen (secondary N) is 1. The van der Waals surface area contributed by atoms with Crippen LogP contribution >= 0.6 is 0 Å². The van der Waals surface area contributed by atoms with Crippen LogP contribution in [0, 0.1) is 11.8 Å². The average molecular weight is 409 g/mol. The fourth-order valence-electron chi connectivity index (χ4n) is 6.16. The number of carboxylic acid groups (broad SMARTS) is 1. The van der Waals surface area contributed by atoms with Crippen molar-refractivity contribution in [2.24, 2.45) is 17.6 Å². The molecule has 0 aromatic carbocycles. The van der Waals surface area contributed by atoms with Gasteiger partial charge in [-0.15, -0.1) is 0 Å². The molecule has 2 aliphatic carbocycles. The molecule has 4 N–H and O–H groups in total. The lowest BCUT2D eigenvalue weighted by molar-refractivity contribution is -0.394. The lowest BCUT2D eigenvalue weighted by Gasteiger charge is -2.50. The average Bonchev–Trinajstić information content (AvgIpc) is 2.71. The van der Waals surface area contributed by atoms with Gasteiger partial charge >= 0.3 is 6.09 Å². The maximum atomic E-state index is 12.5. The molecule has 3 amide bonds. The first-order chi connectivity index (χ1) is 13.8. The van der Waals surface area contributed by atoms with Gasteiger partial charge in [0.15, 0.2) is 0 Å². The van der Waals surface area contributed by atoms with Crippen molar-refractivity contribution in [1.82, 2.24) is 10.2 Å². The number of carbonyl (C=O) groups is 3. The predicted octanol–water partition coefficient (Wildman–Crippen LogP) is 1.55. The maximum absolute atomic E-state index is 12.5. The number of primary amides is 1. The zero-order valence-electron chi connectivity index (χ0n) is 16.7. The van der Waals surface area contributed by atoms with E-state index < -0.39 is 17.6 Å². The molecule has 1 spiro atoms. The highest BCUT2D eigenvalue weighted by atomic mass is 17.2. The molecule has 0 radical (unpaired) electrons. The van der Waals surface area contributed by atoms with E-state index in [-0.39, 0.29) is 30.4 Å². The van der Waals surface area contributed by atoms with Gasteiger partial charge in [0.05, 0.1) is 6.10 Å². The molecular formula is C20H31N3O6. The third kappa shape index (κ3) is 4.50. The Morgan fingerprint density at radius 1 is 1.03 bits per heavy atom. The molecule has 2 saturated carbocycles. The summed E-state index contributed by atoms with van der Waals surface area (Å²) < 4.78 is 0. The summed E-state index contributed by atoms with van der Waals surface area (Å²) in [5.74, 6) is 0.266. The zero-order chi connectivity index (χ0) is 20.6. The monoisotopic (exact) mass is 409 g/mol. The quantitative estimate of drug-likeness (QED) is 0.604. The van der Waals surface area contributed by atoms with Gasteiger partial charge in [0.25, 0.3) is 0 Å². The normalized spacial score (nSPS) is 35.6. The van der Waals surface area contributed by atoms with Crippen LogP contribution in [0.5, 0.6) is 0 Å². The van der Waals surface area contributed by atoms with Crippen LogP contribution in [0.1, 0.15) is 64.2 Å². The number of piperidine rings is 1. The van der Waals surface area contributed by atoms with Crippen LogP contribution in [0.3, 0.4) is 0 Å². The highest BCUT2D eigenvalue weighted by Crippen LogP contribution is 2.51. The Morgan fingerprint density at radius 2 is 1.76 bits per heavy atom. The van der Waals surface area contributed by atoms with Crippen LogP contribution in [0.25, 0.3) is 0 Å². The first kappa shape index (κ1) is 20.4.